The maximum Gasteiger partial charge on any atom is 0.310 e. The van der Waals surface area contributed by atoms with Gasteiger partial charge >= 0.3 is 5.97 Å². The number of ether oxygens (including phenoxy) is 1. The van der Waals surface area contributed by atoms with Gasteiger partial charge in [-0.05, 0) is 27.2 Å². The van der Waals surface area contributed by atoms with Gasteiger partial charge in [-0.3, -0.25) is 4.79 Å². The minimum Gasteiger partial charge on any atom is -0.460 e. The van der Waals surface area contributed by atoms with E-state index in [0.29, 0.717) is 6.42 Å². The summed E-state index contributed by atoms with van der Waals surface area (Å²) in [5.41, 5.74) is -0.415. The number of carbonyl (C=O) groups excluding carboxylic acids is 1. The smallest absolute Gasteiger partial charge is 0.310 e. The summed E-state index contributed by atoms with van der Waals surface area (Å²) >= 11 is 0. The van der Waals surface area contributed by atoms with E-state index in [0.717, 1.165) is 0 Å². The van der Waals surface area contributed by atoms with Crippen molar-refractivity contribution in [3.8, 4) is 0 Å². The summed E-state index contributed by atoms with van der Waals surface area (Å²) in [5, 5.41) is 8.45. The molecule has 0 aromatic rings. The molecule has 0 fully saturated rings. The Kier molecular flexibility index (Phi) is 5.39. The van der Waals surface area contributed by atoms with Crippen LogP contribution in [-0.2, 0) is 9.53 Å². The molecule has 0 aliphatic rings. The Hall–Kier alpha value is -0.830. The maximum atomic E-state index is 11.1. The average Bonchev–Trinajstić information content (AvgIpc) is 1.94. The molecule has 0 bridgehead atoms. The zero-order valence-corrected chi connectivity index (χ0v) is 8.54. The summed E-state index contributed by atoms with van der Waals surface area (Å²) in [4.78, 5) is 11.1. The molecule has 1 N–H and O–H groups in total. The summed E-state index contributed by atoms with van der Waals surface area (Å²) in [5.74, 6) is -0.235. The fraction of sp³-hybridized carbons (Fsp3) is 0.700. The molecule has 3 nitrogen and oxygen atoms in total. The molecule has 0 aromatic carbocycles. The molecule has 0 radical (unpaired) electrons. The van der Waals surface area contributed by atoms with Crippen molar-refractivity contribution >= 4 is 5.97 Å². The van der Waals surface area contributed by atoms with Crippen molar-refractivity contribution < 1.29 is 14.6 Å². The highest BCUT2D eigenvalue weighted by Gasteiger charge is 2.14. The molecule has 0 aliphatic heterocycles. The topological polar surface area (TPSA) is 46.5 Å². The molecule has 13 heavy (non-hydrogen) atoms. The number of hydrogen-bond acceptors (Lipinski definition) is 3. The average molecular weight is 186 g/mol. The van der Waals surface area contributed by atoms with E-state index in [2.05, 4.69) is 0 Å². The van der Waals surface area contributed by atoms with E-state index in [9.17, 15) is 4.79 Å². The Morgan fingerprint density at radius 2 is 2.00 bits per heavy atom. The molecule has 0 atom stereocenters. The van der Waals surface area contributed by atoms with Crippen LogP contribution in [0, 0.1) is 0 Å². The summed E-state index contributed by atoms with van der Waals surface area (Å²) in [7, 11) is 0. The fourth-order valence-corrected chi connectivity index (χ4v) is 0.755. The lowest BCUT2D eigenvalue weighted by atomic mass is 10.2. The predicted molar refractivity (Wildman–Crippen MR) is 51.3 cm³/mol. The van der Waals surface area contributed by atoms with E-state index in [1.165, 1.54) is 0 Å². The first-order valence-corrected chi connectivity index (χ1v) is 4.43. The van der Waals surface area contributed by atoms with Crippen LogP contribution < -0.4 is 0 Å². The van der Waals surface area contributed by atoms with Crippen LogP contribution >= 0.6 is 0 Å². The highest BCUT2D eigenvalue weighted by atomic mass is 16.6. The van der Waals surface area contributed by atoms with Gasteiger partial charge in [0.2, 0.25) is 0 Å². The van der Waals surface area contributed by atoms with Crippen molar-refractivity contribution in [2.75, 3.05) is 6.61 Å². The molecule has 0 saturated carbocycles. The SMILES string of the molecule is CC(C)(C)OC(=O)C/C=C\CCO. The van der Waals surface area contributed by atoms with Crippen molar-refractivity contribution in [1.29, 1.82) is 0 Å². The lowest BCUT2D eigenvalue weighted by Gasteiger charge is -2.18. The van der Waals surface area contributed by atoms with E-state index < -0.39 is 5.60 Å². The monoisotopic (exact) mass is 186 g/mol. The summed E-state index contributed by atoms with van der Waals surface area (Å²) in [6.07, 6.45) is 4.34. The van der Waals surface area contributed by atoms with Gasteiger partial charge in [0.15, 0.2) is 0 Å². The van der Waals surface area contributed by atoms with Crippen LogP contribution in [0.4, 0.5) is 0 Å². The van der Waals surface area contributed by atoms with Gasteiger partial charge < -0.3 is 9.84 Å². The first-order chi connectivity index (χ1) is 5.95. The standard InChI is InChI=1S/C10H18O3/c1-10(2,3)13-9(12)7-5-4-6-8-11/h4-5,11H,6-8H2,1-3H3/b5-4-. The molecule has 0 aliphatic carbocycles. The van der Waals surface area contributed by atoms with E-state index >= 15 is 0 Å². The van der Waals surface area contributed by atoms with Gasteiger partial charge in [-0.25, -0.2) is 0 Å². The first-order valence-electron chi connectivity index (χ1n) is 4.43. The Balaban J connectivity index is 3.64. The Morgan fingerprint density at radius 1 is 1.38 bits per heavy atom. The van der Waals surface area contributed by atoms with E-state index in [1.54, 1.807) is 12.2 Å². The van der Waals surface area contributed by atoms with Crippen LogP contribution in [-0.4, -0.2) is 23.3 Å². The van der Waals surface area contributed by atoms with Gasteiger partial charge in [-0.2, -0.15) is 0 Å². The first kappa shape index (κ1) is 12.2. The third-order valence-electron chi connectivity index (χ3n) is 1.17. The van der Waals surface area contributed by atoms with Gasteiger partial charge in [0, 0.05) is 6.61 Å². The Bertz CT molecular complexity index is 177. The number of aliphatic hydroxyl groups is 1. The molecule has 3 heteroatoms. The molecule has 0 heterocycles. The van der Waals surface area contributed by atoms with Crippen molar-refractivity contribution in [3.63, 3.8) is 0 Å². The molecule has 0 amide bonds. The van der Waals surface area contributed by atoms with Gasteiger partial charge in [-0.15, -0.1) is 0 Å². The normalized spacial score (nSPS) is 12.0. The van der Waals surface area contributed by atoms with Gasteiger partial charge in [0.05, 0.1) is 6.42 Å². The minimum atomic E-state index is -0.415. The van der Waals surface area contributed by atoms with Gasteiger partial charge in [-0.1, -0.05) is 12.2 Å². The molecular weight excluding hydrogens is 168 g/mol. The van der Waals surface area contributed by atoms with Crippen LogP contribution in [0.1, 0.15) is 33.6 Å². The third-order valence-corrected chi connectivity index (χ3v) is 1.17. The van der Waals surface area contributed by atoms with Gasteiger partial charge in [0.1, 0.15) is 5.60 Å². The second-order valence-electron chi connectivity index (χ2n) is 3.77. The van der Waals surface area contributed by atoms with Crippen molar-refractivity contribution in [1.82, 2.24) is 0 Å². The molecule has 0 rings (SSSR count). The molecule has 0 aromatic heterocycles. The molecule has 0 saturated heterocycles. The quantitative estimate of drug-likeness (QED) is 0.536. The zero-order chi connectivity index (χ0) is 10.3. The molecule has 0 spiro atoms. The van der Waals surface area contributed by atoms with Crippen LogP contribution in [0.25, 0.3) is 0 Å². The van der Waals surface area contributed by atoms with Crippen LogP contribution in [0.2, 0.25) is 0 Å². The molecule has 76 valence electrons. The largest absolute Gasteiger partial charge is 0.460 e. The third kappa shape index (κ3) is 9.08. The number of esters is 1. The fourth-order valence-electron chi connectivity index (χ4n) is 0.755. The highest BCUT2D eigenvalue weighted by Crippen LogP contribution is 2.08. The predicted octanol–water partition coefficient (Wildman–Crippen LogP) is 1.66. The Morgan fingerprint density at radius 3 is 2.46 bits per heavy atom. The lowest BCUT2D eigenvalue weighted by molar-refractivity contribution is -0.153. The zero-order valence-electron chi connectivity index (χ0n) is 8.54. The number of aliphatic hydroxyl groups excluding tert-OH is 1. The number of hydrogen-bond donors (Lipinski definition) is 1. The van der Waals surface area contributed by atoms with E-state index in [4.69, 9.17) is 9.84 Å². The van der Waals surface area contributed by atoms with Gasteiger partial charge in [0.25, 0.3) is 0 Å². The van der Waals surface area contributed by atoms with E-state index in [1.807, 2.05) is 20.8 Å². The summed E-state index contributed by atoms with van der Waals surface area (Å²) in [6.45, 7) is 5.62. The van der Waals surface area contributed by atoms with Crippen LogP contribution in [0.3, 0.4) is 0 Å². The second-order valence-corrected chi connectivity index (χ2v) is 3.77. The number of rotatable bonds is 4. The summed E-state index contributed by atoms with van der Waals surface area (Å²) < 4.78 is 5.07. The maximum absolute atomic E-state index is 11.1. The lowest BCUT2D eigenvalue weighted by Crippen LogP contribution is -2.23. The van der Waals surface area contributed by atoms with Crippen molar-refractivity contribution in [2.45, 2.75) is 39.2 Å². The highest BCUT2D eigenvalue weighted by molar-refractivity contribution is 5.71. The minimum absolute atomic E-state index is 0.116. The number of carbonyl (C=O) groups is 1. The Labute approximate surface area is 79.4 Å². The van der Waals surface area contributed by atoms with Crippen molar-refractivity contribution in [2.24, 2.45) is 0 Å². The molecule has 0 unspecified atom stereocenters. The van der Waals surface area contributed by atoms with Crippen LogP contribution in [0.5, 0.6) is 0 Å². The second kappa shape index (κ2) is 5.75. The summed E-state index contributed by atoms with van der Waals surface area (Å²) in [6, 6.07) is 0. The van der Waals surface area contributed by atoms with E-state index in [-0.39, 0.29) is 19.0 Å². The van der Waals surface area contributed by atoms with Crippen LogP contribution in [0.15, 0.2) is 12.2 Å². The van der Waals surface area contributed by atoms with Crippen molar-refractivity contribution in [3.05, 3.63) is 12.2 Å². The molecular formula is C10H18O3.